The van der Waals surface area contributed by atoms with Gasteiger partial charge in [0.25, 0.3) is 0 Å². The fraction of sp³-hybridized carbons (Fsp3) is 0.786. The number of amides is 3. The van der Waals surface area contributed by atoms with E-state index in [0.29, 0.717) is 18.8 Å². The van der Waals surface area contributed by atoms with Gasteiger partial charge in [0.1, 0.15) is 12.1 Å². The number of aliphatic carboxylic acids is 1. The minimum atomic E-state index is -1.21. The number of urea groups is 1. The highest BCUT2D eigenvalue weighted by molar-refractivity contribution is 5.88. The maximum Gasteiger partial charge on any atom is 0.329 e. The highest BCUT2D eigenvalue weighted by atomic mass is 16.4. The van der Waals surface area contributed by atoms with Crippen molar-refractivity contribution in [1.29, 1.82) is 0 Å². The lowest BCUT2D eigenvalue weighted by Gasteiger charge is -2.37. The van der Waals surface area contributed by atoms with E-state index >= 15 is 0 Å². The number of hydrogen-bond acceptors (Lipinski definition) is 3. The Morgan fingerprint density at radius 3 is 2.14 bits per heavy atom. The molecular weight excluding hydrogens is 274 g/mol. The molecule has 1 rings (SSSR count). The highest BCUT2D eigenvalue weighted by Gasteiger charge is 2.43. The van der Waals surface area contributed by atoms with E-state index in [1.54, 1.807) is 14.1 Å². The lowest BCUT2D eigenvalue weighted by atomic mass is 9.77. The van der Waals surface area contributed by atoms with Crippen LogP contribution < -0.4 is 5.32 Å². The van der Waals surface area contributed by atoms with Crippen molar-refractivity contribution in [3.8, 4) is 0 Å². The van der Waals surface area contributed by atoms with E-state index in [9.17, 15) is 19.5 Å². The molecule has 0 unspecified atom stereocenters. The van der Waals surface area contributed by atoms with Crippen LogP contribution in [0, 0.1) is 5.92 Å². The molecule has 1 aliphatic rings. The molecule has 0 bridgehead atoms. The standard InChI is InChI=1S/C14H25N3O4/c1-10-5-7-14(8-6-10,12(19)20)15-13(21)17(4)9-11(18)16(2)3/h10H,5-9H2,1-4H3,(H,15,21)(H,19,20). The summed E-state index contributed by atoms with van der Waals surface area (Å²) in [5.74, 6) is -0.744. The molecule has 0 aliphatic heterocycles. The molecule has 1 saturated carbocycles. The maximum atomic E-state index is 12.1. The van der Waals surface area contributed by atoms with Gasteiger partial charge in [0.05, 0.1) is 0 Å². The monoisotopic (exact) mass is 299 g/mol. The van der Waals surface area contributed by atoms with Gasteiger partial charge in [0.15, 0.2) is 0 Å². The number of likely N-dealkylation sites (N-methyl/N-ethyl adjacent to an activating group) is 2. The number of hydrogen-bond donors (Lipinski definition) is 2. The summed E-state index contributed by atoms with van der Waals surface area (Å²) in [6, 6.07) is -0.526. The van der Waals surface area contributed by atoms with Gasteiger partial charge in [-0.25, -0.2) is 9.59 Å². The fourth-order valence-electron chi connectivity index (χ4n) is 2.36. The predicted molar refractivity (Wildman–Crippen MR) is 77.9 cm³/mol. The molecule has 0 atom stereocenters. The van der Waals surface area contributed by atoms with Crippen LogP contribution in [0.2, 0.25) is 0 Å². The number of nitrogens with zero attached hydrogens (tertiary/aromatic N) is 2. The van der Waals surface area contributed by atoms with Gasteiger partial charge < -0.3 is 20.2 Å². The van der Waals surface area contributed by atoms with Crippen molar-refractivity contribution >= 4 is 17.9 Å². The Morgan fingerprint density at radius 2 is 1.71 bits per heavy atom. The number of carbonyl (C=O) groups is 3. The second-order valence-electron chi connectivity index (χ2n) is 6.14. The smallest absolute Gasteiger partial charge is 0.329 e. The summed E-state index contributed by atoms with van der Waals surface area (Å²) in [6.45, 7) is 2.00. The predicted octanol–water partition coefficient (Wildman–Crippen LogP) is 0.750. The van der Waals surface area contributed by atoms with Gasteiger partial charge in [0.2, 0.25) is 5.91 Å². The minimum Gasteiger partial charge on any atom is -0.480 e. The first-order chi connectivity index (χ1) is 9.68. The van der Waals surface area contributed by atoms with Crippen LogP contribution in [0.4, 0.5) is 4.79 Å². The van der Waals surface area contributed by atoms with Gasteiger partial charge in [-0.1, -0.05) is 6.92 Å². The third-order valence-corrected chi connectivity index (χ3v) is 4.10. The molecule has 0 radical (unpaired) electrons. The lowest BCUT2D eigenvalue weighted by Crippen LogP contribution is -2.59. The maximum absolute atomic E-state index is 12.1. The Balaban J connectivity index is 2.69. The van der Waals surface area contributed by atoms with Crippen molar-refractivity contribution in [3.05, 3.63) is 0 Å². The molecule has 0 aromatic heterocycles. The third kappa shape index (κ3) is 4.34. The van der Waals surface area contributed by atoms with Gasteiger partial charge in [-0.3, -0.25) is 4.79 Å². The second-order valence-corrected chi connectivity index (χ2v) is 6.14. The van der Waals surface area contributed by atoms with Crippen LogP contribution in [0.5, 0.6) is 0 Å². The largest absolute Gasteiger partial charge is 0.480 e. The zero-order valence-corrected chi connectivity index (χ0v) is 13.2. The van der Waals surface area contributed by atoms with Gasteiger partial charge in [-0.05, 0) is 31.6 Å². The summed E-state index contributed by atoms with van der Waals surface area (Å²) in [7, 11) is 4.70. The lowest BCUT2D eigenvalue weighted by molar-refractivity contribution is -0.146. The normalized spacial score (nSPS) is 25.0. The molecule has 120 valence electrons. The van der Waals surface area contributed by atoms with Crippen LogP contribution >= 0.6 is 0 Å². The summed E-state index contributed by atoms with van der Waals surface area (Å²) in [5, 5.41) is 12.1. The minimum absolute atomic E-state index is 0.0784. The molecule has 2 N–H and O–H groups in total. The highest BCUT2D eigenvalue weighted by Crippen LogP contribution is 2.32. The summed E-state index contributed by atoms with van der Waals surface area (Å²) in [6.07, 6.45) is 2.38. The van der Waals surface area contributed by atoms with Crippen molar-refractivity contribution < 1.29 is 19.5 Å². The summed E-state index contributed by atoms with van der Waals surface area (Å²) in [5.41, 5.74) is -1.21. The van der Waals surface area contributed by atoms with Crippen molar-refractivity contribution in [2.75, 3.05) is 27.7 Å². The third-order valence-electron chi connectivity index (χ3n) is 4.10. The second kappa shape index (κ2) is 6.78. The first-order valence-corrected chi connectivity index (χ1v) is 7.15. The van der Waals surface area contributed by atoms with Crippen LogP contribution in [0.15, 0.2) is 0 Å². The first-order valence-electron chi connectivity index (χ1n) is 7.15. The van der Waals surface area contributed by atoms with Crippen molar-refractivity contribution in [2.24, 2.45) is 5.92 Å². The number of carboxylic acids is 1. The van der Waals surface area contributed by atoms with E-state index in [2.05, 4.69) is 12.2 Å². The quantitative estimate of drug-likeness (QED) is 0.801. The molecule has 21 heavy (non-hydrogen) atoms. The van der Waals surface area contributed by atoms with Gasteiger partial charge in [-0.15, -0.1) is 0 Å². The van der Waals surface area contributed by atoms with E-state index in [-0.39, 0.29) is 12.5 Å². The van der Waals surface area contributed by atoms with Crippen molar-refractivity contribution in [2.45, 2.75) is 38.1 Å². The molecule has 0 aromatic carbocycles. The molecular formula is C14H25N3O4. The number of carbonyl (C=O) groups excluding carboxylic acids is 2. The molecule has 3 amide bonds. The zero-order valence-electron chi connectivity index (χ0n) is 13.2. The van der Waals surface area contributed by atoms with E-state index in [1.807, 2.05) is 0 Å². The van der Waals surface area contributed by atoms with E-state index < -0.39 is 17.5 Å². The average Bonchev–Trinajstić information content (AvgIpc) is 2.40. The van der Waals surface area contributed by atoms with Gasteiger partial charge in [0, 0.05) is 21.1 Å². The van der Waals surface area contributed by atoms with E-state index in [1.165, 1.54) is 16.8 Å². The van der Waals surface area contributed by atoms with Crippen LogP contribution in [0.25, 0.3) is 0 Å². The molecule has 0 heterocycles. The Morgan fingerprint density at radius 1 is 1.19 bits per heavy atom. The Bertz CT molecular complexity index is 414. The van der Waals surface area contributed by atoms with E-state index in [4.69, 9.17) is 0 Å². The molecule has 0 saturated heterocycles. The first kappa shape index (κ1) is 17.3. The van der Waals surface area contributed by atoms with Gasteiger partial charge >= 0.3 is 12.0 Å². The molecule has 7 heteroatoms. The van der Waals surface area contributed by atoms with Gasteiger partial charge in [-0.2, -0.15) is 0 Å². The van der Waals surface area contributed by atoms with Crippen LogP contribution in [0.1, 0.15) is 32.6 Å². The van der Waals surface area contributed by atoms with Crippen LogP contribution in [-0.4, -0.2) is 66.0 Å². The Kier molecular flexibility index (Phi) is 5.57. The average molecular weight is 299 g/mol. The summed E-state index contributed by atoms with van der Waals surface area (Å²) in [4.78, 5) is 37.9. The Labute approximate surface area is 125 Å². The number of nitrogens with one attached hydrogen (secondary N) is 1. The van der Waals surface area contributed by atoms with Crippen LogP contribution in [-0.2, 0) is 9.59 Å². The Hall–Kier alpha value is -1.79. The van der Waals surface area contributed by atoms with Crippen molar-refractivity contribution in [3.63, 3.8) is 0 Å². The number of rotatable bonds is 4. The summed E-state index contributed by atoms with van der Waals surface area (Å²) < 4.78 is 0. The molecule has 0 spiro atoms. The van der Waals surface area contributed by atoms with Crippen molar-refractivity contribution in [1.82, 2.24) is 15.1 Å². The fourth-order valence-corrected chi connectivity index (χ4v) is 2.36. The molecule has 7 nitrogen and oxygen atoms in total. The molecule has 1 aliphatic carbocycles. The number of carboxylic acid groups (broad SMARTS) is 1. The zero-order chi connectivity index (χ0) is 16.2. The molecule has 0 aromatic rings. The topological polar surface area (TPSA) is 90.0 Å². The van der Waals surface area contributed by atoms with Crippen LogP contribution in [0.3, 0.4) is 0 Å². The SMILES string of the molecule is CC1CCC(NC(=O)N(C)CC(=O)N(C)C)(C(=O)O)CC1. The molecule has 1 fully saturated rings. The summed E-state index contributed by atoms with van der Waals surface area (Å²) >= 11 is 0. The van der Waals surface area contributed by atoms with E-state index in [0.717, 1.165) is 12.8 Å².